The average molecular weight is 291 g/mol. The molecule has 3 rings (SSSR count). The fourth-order valence-corrected chi connectivity index (χ4v) is 2.46. The Balaban J connectivity index is 1.90. The van der Waals surface area contributed by atoms with Gasteiger partial charge in [0.1, 0.15) is 5.69 Å². The second kappa shape index (κ2) is 5.56. The Morgan fingerprint density at radius 1 is 1.33 bits per heavy atom. The lowest BCUT2D eigenvalue weighted by Gasteiger charge is -2.11. The van der Waals surface area contributed by atoms with Gasteiger partial charge in [-0.05, 0) is 49.4 Å². The number of aromatic nitrogens is 2. The molecule has 112 valence electrons. The monoisotopic (exact) mass is 291 g/mol. The summed E-state index contributed by atoms with van der Waals surface area (Å²) in [4.78, 5) is 0. The lowest BCUT2D eigenvalue weighted by atomic mass is 10.0. The molecule has 1 aliphatic carbocycles. The van der Waals surface area contributed by atoms with Crippen molar-refractivity contribution in [3.8, 4) is 5.69 Å². The van der Waals surface area contributed by atoms with Crippen molar-refractivity contribution in [2.45, 2.75) is 44.6 Å². The molecule has 2 N–H and O–H groups in total. The van der Waals surface area contributed by atoms with Crippen LogP contribution in [0.5, 0.6) is 0 Å². The summed E-state index contributed by atoms with van der Waals surface area (Å²) in [5.41, 5.74) is 7.21. The van der Waals surface area contributed by atoms with E-state index in [1.54, 1.807) is 6.20 Å². The Hall–Kier alpha value is -1.75. The van der Waals surface area contributed by atoms with Crippen LogP contribution < -0.4 is 5.73 Å². The quantitative estimate of drug-likeness (QED) is 0.918. The molecule has 2 aromatic rings. The van der Waals surface area contributed by atoms with Crippen LogP contribution in [0.1, 0.15) is 43.4 Å². The molecule has 1 aliphatic rings. The number of benzene rings is 1. The van der Waals surface area contributed by atoms with Gasteiger partial charge in [-0.25, -0.2) is 13.5 Å². The van der Waals surface area contributed by atoms with Crippen molar-refractivity contribution in [1.82, 2.24) is 9.78 Å². The van der Waals surface area contributed by atoms with Crippen LogP contribution in [0, 0.1) is 11.6 Å². The average Bonchev–Trinajstić information content (AvgIpc) is 3.18. The summed E-state index contributed by atoms with van der Waals surface area (Å²) in [5.74, 6) is -0.739. The third-order valence-electron chi connectivity index (χ3n) is 3.93. The maximum atomic E-state index is 14.2. The molecule has 3 nitrogen and oxygen atoms in total. The van der Waals surface area contributed by atoms with Crippen molar-refractivity contribution >= 4 is 0 Å². The highest BCUT2D eigenvalue weighted by Crippen LogP contribution is 2.39. The van der Waals surface area contributed by atoms with E-state index in [0.29, 0.717) is 17.9 Å². The molecular weight excluding hydrogens is 272 g/mol. The van der Waals surface area contributed by atoms with E-state index in [-0.39, 0.29) is 11.7 Å². The molecule has 1 unspecified atom stereocenters. The van der Waals surface area contributed by atoms with Crippen LogP contribution in [-0.4, -0.2) is 15.8 Å². The molecule has 0 radical (unpaired) electrons. The Morgan fingerprint density at radius 3 is 2.57 bits per heavy atom. The summed E-state index contributed by atoms with van der Waals surface area (Å²) < 4.78 is 29.8. The Labute approximate surface area is 122 Å². The fourth-order valence-electron chi connectivity index (χ4n) is 2.46. The van der Waals surface area contributed by atoms with E-state index >= 15 is 0 Å². The van der Waals surface area contributed by atoms with Crippen molar-refractivity contribution in [1.29, 1.82) is 0 Å². The van der Waals surface area contributed by atoms with Gasteiger partial charge in [0, 0.05) is 18.2 Å². The van der Waals surface area contributed by atoms with Gasteiger partial charge < -0.3 is 5.73 Å². The normalized spacial score (nSPS) is 16.2. The zero-order valence-corrected chi connectivity index (χ0v) is 12.0. The van der Waals surface area contributed by atoms with Gasteiger partial charge in [0.25, 0.3) is 0 Å². The highest BCUT2D eigenvalue weighted by Gasteiger charge is 2.26. The predicted octanol–water partition coefficient (Wildman–Crippen LogP) is 3.31. The topological polar surface area (TPSA) is 43.8 Å². The first-order chi connectivity index (χ1) is 10.1. The summed E-state index contributed by atoms with van der Waals surface area (Å²) in [7, 11) is 0. The van der Waals surface area contributed by atoms with E-state index < -0.39 is 11.6 Å². The van der Waals surface area contributed by atoms with Crippen LogP contribution in [0.15, 0.2) is 24.4 Å². The van der Waals surface area contributed by atoms with Crippen LogP contribution in [0.25, 0.3) is 5.69 Å². The molecule has 21 heavy (non-hydrogen) atoms. The summed E-state index contributed by atoms with van der Waals surface area (Å²) in [5, 5.41) is 4.28. The van der Waals surface area contributed by atoms with Crippen LogP contribution in [0.2, 0.25) is 0 Å². The molecule has 1 aromatic carbocycles. The van der Waals surface area contributed by atoms with E-state index in [1.165, 1.54) is 16.8 Å². The lowest BCUT2D eigenvalue weighted by Crippen LogP contribution is -2.21. The first-order valence-corrected chi connectivity index (χ1v) is 7.38. The number of nitrogens with two attached hydrogens (primary N) is 1. The van der Waals surface area contributed by atoms with E-state index in [2.05, 4.69) is 5.10 Å². The minimum Gasteiger partial charge on any atom is -0.327 e. The van der Waals surface area contributed by atoms with Crippen molar-refractivity contribution in [3.63, 3.8) is 0 Å². The summed E-state index contributed by atoms with van der Waals surface area (Å²) in [6.45, 7) is 1.95. The minimum atomic E-state index is -0.598. The molecule has 1 fully saturated rings. The standard InChI is InChI=1S/C16H19F2N3/c1-2-12(19)7-10-8-13(17)16(14(18)9-10)21-6-5-15(20-21)11-3-4-11/h5-6,8-9,11-12H,2-4,7,19H2,1H3. The smallest absolute Gasteiger partial charge is 0.152 e. The predicted molar refractivity (Wildman–Crippen MR) is 77.4 cm³/mol. The van der Waals surface area contributed by atoms with E-state index in [4.69, 9.17) is 5.73 Å². The van der Waals surface area contributed by atoms with Crippen molar-refractivity contribution in [3.05, 3.63) is 47.3 Å². The number of rotatable bonds is 5. The third kappa shape index (κ3) is 2.97. The molecule has 1 aromatic heterocycles. The maximum absolute atomic E-state index is 14.2. The van der Waals surface area contributed by atoms with Gasteiger partial charge in [-0.2, -0.15) is 5.10 Å². The van der Waals surface area contributed by atoms with Gasteiger partial charge in [-0.3, -0.25) is 0 Å². The number of hydrogen-bond acceptors (Lipinski definition) is 2. The van der Waals surface area contributed by atoms with E-state index in [1.807, 2.05) is 13.0 Å². The molecule has 0 amide bonds. The molecule has 0 bridgehead atoms. The molecular formula is C16H19F2N3. The molecule has 0 spiro atoms. The van der Waals surface area contributed by atoms with Crippen molar-refractivity contribution < 1.29 is 8.78 Å². The molecule has 0 aliphatic heterocycles. The second-order valence-corrected chi connectivity index (χ2v) is 5.74. The Morgan fingerprint density at radius 2 is 2.00 bits per heavy atom. The first kappa shape index (κ1) is 14.2. The highest BCUT2D eigenvalue weighted by molar-refractivity contribution is 5.38. The second-order valence-electron chi connectivity index (χ2n) is 5.74. The first-order valence-electron chi connectivity index (χ1n) is 7.38. The maximum Gasteiger partial charge on any atom is 0.152 e. The third-order valence-corrected chi connectivity index (χ3v) is 3.93. The molecule has 5 heteroatoms. The van der Waals surface area contributed by atoms with Gasteiger partial charge in [0.15, 0.2) is 11.6 Å². The number of halogens is 2. The van der Waals surface area contributed by atoms with Crippen LogP contribution in [0.4, 0.5) is 8.78 Å². The molecule has 1 saturated carbocycles. The summed E-state index contributed by atoms with van der Waals surface area (Å²) >= 11 is 0. The van der Waals surface area contributed by atoms with E-state index in [9.17, 15) is 8.78 Å². The van der Waals surface area contributed by atoms with Crippen LogP contribution in [-0.2, 0) is 6.42 Å². The zero-order chi connectivity index (χ0) is 15.0. The van der Waals surface area contributed by atoms with Crippen LogP contribution in [0.3, 0.4) is 0 Å². The summed E-state index contributed by atoms with van der Waals surface area (Å²) in [6, 6.07) is 4.46. The largest absolute Gasteiger partial charge is 0.327 e. The van der Waals surface area contributed by atoms with Crippen molar-refractivity contribution in [2.75, 3.05) is 0 Å². The van der Waals surface area contributed by atoms with Gasteiger partial charge in [0.2, 0.25) is 0 Å². The van der Waals surface area contributed by atoms with Gasteiger partial charge in [-0.15, -0.1) is 0 Å². The van der Waals surface area contributed by atoms with Gasteiger partial charge in [0.05, 0.1) is 5.69 Å². The number of hydrogen-bond donors (Lipinski definition) is 1. The fraction of sp³-hybridized carbons (Fsp3) is 0.438. The van der Waals surface area contributed by atoms with Crippen molar-refractivity contribution in [2.24, 2.45) is 5.73 Å². The number of nitrogens with zero attached hydrogens (tertiary/aromatic N) is 2. The van der Waals surface area contributed by atoms with Gasteiger partial charge in [-0.1, -0.05) is 6.92 Å². The molecule has 1 heterocycles. The highest BCUT2D eigenvalue weighted by atomic mass is 19.1. The zero-order valence-electron chi connectivity index (χ0n) is 12.0. The van der Waals surface area contributed by atoms with Gasteiger partial charge >= 0.3 is 0 Å². The minimum absolute atomic E-state index is 0.0826. The SMILES string of the molecule is CCC(N)Cc1cc(F)c(-n2ccc(C3CC3)n2)c(F)c1. The Bertz CT molecular complexity index is 624. The summed E-state index contributed by atoms with van der Waals surface area (Å²) in [6.07, 6.45) is 5.07. The van der Waals surface area contributed by atoms with Crippen LogP contribution >= 0.6 is 0 Å². The Kier molecular flexibility index (Phi) is 3.76. The van der Waals surface area contributed by atoms with E-state index in [0.717, 1.165) is 25.0 Å². The molecule has 1 atom stereocenters. The molecule has 0 saturated heterocycles. The lowest BCUT2D eigenvalue weighted by molar-refractivity contribution is 0.551.